The summed E-state index contributed by atoms with van der Waals surface area (Å²) in [6, 6.07) is 4.82. The molecule has 0 aliphatic rings. The Bertz CT molecular complexity index is 511. The lowest BCUT2D eigenvalue weighted by Gasteiger charge is -2.40. The summed E-state index contributed by atoms with van der Waals surface area (Å²) in [6.45, 7) is 7.57. The molecule has 2 N–H and O–H groups in total. The molecule has 0 spiro atoms. The van der Waals surface area contributed by atoms with E-state index in [2.05, 4.69) is 6.92 Å². The maximum absolute atomic E-state index is 12.1. The van der Waals surface area contributed by atoms with E-state index in [1.54, 1.807) is 18.2 Å². The van der Waals surface area contributed by atoms with Crippen molar-refractivity contribution < 1.29 is 18.9 Å². The van der Waals surface area contributed by atoms with Gasteiger partial charge in [-0.05, 0) is 38.5 Å². The van der Waals surface area contributed by atoms with Crippen LogP contribution in [0.4, 0.5) is 5.69 Å². The number of carbonyl (C=O) groups excluding carboxylic acids is 1. The number of nitrogens with zero attached hydrogens (tertiary/aromatic N) is 1. The number of hydrogen-bond acceptors (Lipinski definition) is 5. The van der Waals surface area contributed by atoms with Crippen molar-refractivity contribution >= 4 is 36.5 Å². The highest BCUT2D eigenvalue weighted by Crippen LogP contribution is 2.23. The van der Waals surface area contributed by atoms with E-state index in [0.29, 0.717) is 36.7 Å². The standard InChI is InChI=1S/C17H28N2O4.2ClH/c1-4-7-11-22-16-13-14(8-9-15(16)18)17(20)23-12-10-19(21,5-2)6-3;;/h8-9,13H,4-7,10-12,18H2,1-3H3;2*1H. The van der Waals surface area contributed by atoms with E-state index >= 15 is 0 Å². The smallest absolute Gasteiger partial charge is 0.338 e. The summed E-state index contributed by atoms with van der Waals surface area (Å²) in [5.41, 5.74) is 6.71. The Morgan fingerprint density at radius 1 is 1.16 bits per heavy atom. The molecule has 0 aliphatic carbocycles. The number of carbonyl (C=O) groups is 1. The molecule has 1 rings (SSSR count). The van der Waals surface area contributed by atoms with Crippen LogP contribution in [0.1, 0.15) is 44.0 Å². The van der Waals surface area contributed by atoms with Gasteiger partial charge in [0.15, 0.2) is 0 Å². The number of rotatable bonds is 10. The first kappa shape index (κ1) is 26.0. The van der Waals surface area contributed by atoms with Gasteiger partial charge < -0.3 is 25.1 Å². The van der Waals surface area contributed by atoms with Crippen LogP contribution in [0.2, 0.25) is 0 Å². The fourth-order valence-electron chi connectivity index (χ4n) is 2.04. The summed E-state index contributed by atoms with van der Waals surface area (Å²) in [5.74, 6) is 0.0214. The predicted octanol–water partition coefficient (Wildman–Crippen LogP) is 3.80. The van der Waals surface area contributed by atoms with Gasteiger partial charge in [-0.3, -0.25) is 0 Å². The molecule has 0 saturated heterocycles. The molecule has 146 valence electrons. The maximum atomic E-state index is 12.1. The summed E-state index contributed by atoms with van der Waals surface area (Å²) in [7, 11) is 0. The summed E-state index contributed by atoms with van der Waals surface area (Å²) >= 11 is 0. The zero-order valence-electron chi connectivity index (χ0n) is 15.2. The molecule has 0 aromatic heterocycles. The van der Waals surface area contributed by atoms with Crippen LogP contribution < -0.4 is 10.5 Å². The minimum absolute atomic E-state index is 0. The molecule has 0 radical (unpaired) electrons. The van der Waals surface area contributed by atoms with Crippen molar-refractivity contribution in [2.24, 2.45) is 0 Å². The molecule has 6 nitrogen and oxygen atoms in total. The highest BCUT2D eigenvalue weighted by atomic mass is 35.5. The van der Waals surface area contributed by atoms with Gasteiger partial charge in [-0.15, -0.1) is 24.8 Å². The number of likely N-dealkylation sites (N-methyl/N-ethyl adjacent to an activating group) is 1. The summed E-state index contributed by atoms with van der Waals surface area (Å²) in [6.07, 6.45) is 1.94. The topological polar surface area (TPSA) is 84.6 Å². The number of nitrogens with two attached hydrogens (primary N) is 1. The third-order valence-electron chi connectivity index (χ3n) is 3.89. The predicted molar refractivity (Wildman–Crippen MR) is 106 cm³/mol. The molecule has 8 heteroatoms. The van der Waals surface area contributed by atoms with Crippen molar-refractivity contribution in [1.29, 1.82) is 0 Å². The number of hydrogen-bond donors (Lipinski definition) is 1. The van der Waals surface area contributed by atoms with Crippen molar-refractivity contribution in [2.75, 3.05) is 38.6 Å². The Hall–Kier alpha value is -1.21. The molecule has 0 fully saturated rings. The molecule has 0 unspecified atom stereocenters. The van der Waals surface area contributed by atoms with Gasteiger partial charge >= 0.3 is 5.97 Å². The Labute approximate surface area is 162 Å². The van der Waals surface area contributed by atoms with E-state index in [4.69, 9.17) is 15.2 Å². The molecule has 0 aliphatic heterocycles. The SMILES string of the molecule is CCCCOc1cc(C(=O)OCC[N+]([O-])(CC)CC)ccc1N.Cl.Cl. The molecule has 0 heterocycles. The number of esters is 1. The molecule has 1 aromatic carbocycles. The fraction of sp³-hybridized carbons (Fsp3) is 0.588. The molecule has 0 amide bonds. The van der Waals surface area contributed by atoms with Crippen LogP contribution in [0.15, 0.2) is 18.2 Å². The van der Waals surface area contributed by atoms with Crippen LogP contribution in [0.5, 0.6) is 5.75 Å². The summed E-state index contributed by atoms with van der Waals surface area (Å²) in [4.78, 5) is 12.1. The lowest BCUT2D eigenvalue weighted by Crippen LogP contribution is -2.44. The highest BCUT2D eigenvalue weighted by molar-refractivity contribution is 5.90. The lowest BCUT2D eigenvalue weighted by molar-refractivity contribution is -0.877. The second-order valence-electron chi connectivity index (χ2n) is 5.50. The number of benzene rings is 1. The van der Waals surface area contributed by atoms with Crippen molar-refractivity contribution in [2.45, 2.75) is 33.6 Å². The van der Waals surface area contributed by atoms with Crippen LogP contribution in [0.25, 0.3) is 0 Å². The average molecular weight is 397 g/mol. The van der Waals surface area contributed by atoms with Gasteiger partial charge in [-0.1, -0.05) is 13.3 Å². The summed E-state index contributed by atoms with van der Waals surface area (Å²) in [5, 5.41) is 12.1. The highest BCUT2D eigenvalue weighted by Gasteiger charge is 2.15. The van der Waals surface area contributed by atoms with Crippen LogP contribution >= 0.6 is 24.8 Å². The zero-order valence-corrected chi connectivity index (χ0v) is 16.8. The minimum atomic E-state index is -0.468. The molecule has 0 atom stereocenters. The second kappa shape index (κ2) is 13.1. The molecule has 0 bridgehead atoms. The number of ether oxygens (including phenoxy) is 2. The molecule has 0 saturated carbocycles. The van der Waals surface area contributed by atoms with E-state index in [9.17, 15) is 10.0 Å². The van der Waals surface area contributed by atoms with Gasteiger partial charge in [0.2, 0.25) is 0 Å². The Morgan fingerprint density at radius 2 is 1.80 bits per heavy atom. The van der Waals surface area contributed by atoms with E-state index in [1.807, 2.05) is 13.8 Å². The largest absolute Gasteiger partial charge is 0.633 e. The third-order valence-corrected chi connectivity index (χ3v) is 3.89. The van der Waals surface area contributed by atoms with Crippen molar-refractivity contribution in [3.05, 3.63) is 29.0 Å². The second-order valence-corrected chi connectivity index (χ2v) is 5.50. The van der Waals surface area contributed by atoms with Gasteiger partial charge in [0.1, 0.15) is 18.9 Å². The van der Waals surface area contributed by atoms with Gasteiger partial charge in [0, 0.05) is 0 Å². The quantitative estimate of drug-likeness (QED) is 0.213. The fourth-order valence-corrected chi connectivity index (χ4v) is 2.04. The van der Waals surface area contributed by atoms with Crippen LogP contribution in [-0.4, -0.2) is 43.5 Å². The van der Waals surface area contributed by atoms with Crippen molar-refractivity contribution in [1.82, 2.24) is 0 Å². The van der Waals surface area contributed by atoms with E-state index in [0.717, 1.165) is 12.8 Å². The lowest BCUT2D eigenvalue weighted by atomic mass is 10.2. The first-order valence-electron chi connectivity index (χ1n) is 8.22. The van der Waals surface area contributed by atoms with Crippen LogP contribution in [0, 0.1) is 5.21 Å². The minimum Gasteiger partial charge on any atom is -0.633 e. The monoisotopic (exact) mass is 396 g/mol. The number of hydroxylamine groups is 3. The molecule has 25 heavy (non-hydrogen) atoms. The maximum Gasteiger partial charge on any atom is 0.338 e. The Kier molecular flexibility index (Phi) is 13.6. The number of unbranched alkanes of at least 4 members (excludes halogenated alkanes) is 1. The van der Waals surface area contributed by atoms with E-state index in [-0.39, 0.29) is 42.6 Å². The third kappa shape index (κ3) is 8.63. The number of halogens is 2. The van der Waals surface area contributed by atoms with Gasteiger partial charge in [-0.25, -0.2) is 4.79 Å². The normalized spacial score (nSPS) is 10.4. The average Bonchev–Trinajstić information content (AvgIpc) is 2.56. The van der Waals surface area contributed by atoms with Gasteiger partial charge in [-0.2, -0.15) is 0 Å². The summed E-state index contributed by atoms with van der Waals surface area (Å²) < 4.78 is 10.4. The molecule has 1 aromatic rings. The van der Waals surface area contributed by atoms with E-state index < -0.39 is 5.97 Å². The van der Waals surface area contributed by atoms with Gasteiger partial charge in [0.05, 0.1) is 30.9 Å². The molecular formula is C17H30Cl2N2O4. The van der Waals surface area contributed by atoms with Crippen molar-refractivity contribution in [3.63, 3.8) is 0 Å². The number of anilines is 1. The van der Waals surface area contributed by atoms with Gasteiger partial charge in [0.25, 0.3) is 0 Å². The van der Waals surface area contributed by atoms with Crippen molar-refractivity contribution in [3.8, 4) is 5.75 Å². The zero-order chi connectivity index (χ0) is 17.3. The number of nitrogen functional groups attached to an aromatic ring is 1. The Morgan fingerprint density at radius 3 is 2.36 bits per heavy atom. The van der Waals surface area contributed by atoms with Crippen LogP contribution in [-0.2, 0) is 4.74 Å². The number of quaternary nitrogens is 1. The molecular weight excluding hydrogens is 367 g/mol. The van der Waals surface area contributed by atoms with Crippen LogP contribution in [0.3, 0.4) is 0 Å². The first-order valence-corrected chi connectivity index (χ1v) is 8.22. The first-order chi connectivity index (χ1) is 11.0. The van der Waals surface area contributed by atoms with E-state index in [1.165, 1.54) is 0 Å². The Balaban J connectivity index is 0.